The van der Waals surface area contributed by atoms with E-state index >= 15 is 0 Å². The molecule has 3 aromatic rings. The standard InChI is InChI=1S/C21H24FN7.H2S/c1-12(2)16-10-26-29-20(27-15-3-4-17-19(6-15)25-11-24-17)7-18(28-21(16)29)13-5-14(22)9-23-8-13;/h5,7-12,15,17,19,27H,3-4,6H2,1-2H3,(H,24,25);1H2/t15-,17?,19?;/m0./s1. The molecule has 1 saturated carbocycles. The maximum absolute atomic E-state index is 13.8. The van der Waals surface area contributed by atoms with Crippen molar-refractivity contribution in [3.05, 3.63) is 42.1 Å². The first-order valence-electron chi connectivity index (χ1n) is 10.1. The fourth-order valence-corrected chi connectivity index (χ4v) is 4.28. The third-order valence-corrected chi connectivity index (χ3v) is 5.84. The number of anilines is 1. The predicted octanol–water partition coefficient (Wildman–Crippen LogP) is 3.50. The summed E-state index contributed by atoms with van der Waals surface area (Å²) >= 11 is 0. The minimum absolute atomic E-state index is 0. The average molecular weight is 428 g/mol. The Bertz CT molecular complexity index is 1080. The molecule has 0 bridgehead atoms. The van der Waals surface area contributed by atoms with Crippen molar-refractivity contribution < 1.29 is 4.39 Å². The van der Waals surface area contributed by atoms with Crippen molar-refractivity contribution in [2.75, 3.05) is 5.32 Å². The SMILES string of the molecule is CC(C)c1cnn2c(N[C@H]3CCC4N=CNC4C3)cc(-c3cncc(F)c3)nc12.S. The van der Waals surface area contributed by atoms with Gasteiger partial charge in [-0.3, -0.25) is 9.98 Å². The number of hydrogen-bond acceptors (Lipinski definition) is 6. The van der Waals surface area contributed by atoms with E-state index in [1.165, 1.54) is 12.3 Å². The Morgan fingerprint density at radius 1 is 1.20 bits per heavy atom. The second-order valence-corrected chi connectivity index (χ2v) is 8.18. The summed E-state index contributed by atoms with van der Waals surface area (Å²) in [5.41, 5.74) is 3.19. The van der Waals surface area contributed by atoms with Crippen molar-refractivity contribution >= 4 is 31.3 Å². The number of rotatable bonds is 4. The highest BCUT2D eigenvalue weighted by atomic mass is 32.1. The second-order valence-electron chi connectivity index (χ2n) is 8.18. The Labute approximate surface area is 181 Å². The van der Waals surface area contributed by atoms with Gasteiger partial charge in [0.25, 0.3) is 0 Å². The lowest BCUT2D eigenvalue weighted by Crippen LogP contribution is -2.42. The zero-order chi connectivity index (χ0) is 20.0. The van der Waals surface area contributed by atoms with Crippen LogP contribution in [-0.4, -0.2) is 44.0 Å². The Kier molecular flexibility index (Phi) is 5.64. The molecule has 0 aromatic carbocycles. The average Bonchev–Trinajstić information content (AvgIpc) is 3.34. The van der Waals surface area contributed by atoms with E-state index in [0.29, 0.717) is 29.4 Å². The molecule has 0 spiro atoms. The number of nitrogens with one attached hydrogen (secondary N) is 2. The lowest BCUT2D eigenvalue weighted by Gasteiger charge is -2.31. The second kappa shape index (κ2) is 8.22. The van der Waals surface area contributed by atoms with Gasteiger partial charge in [-0.15, -0.1) is 0 Å². The molecule has 2 N–H and O–H groups in total. The Balaban J connectivity index is 0.00000218. The van der Waals surface area contributed by atoms with Crippen LogP contribution >= 0.6 is 13.5 Å². The molecular formula is C21H26FN7S. The first-order valence-corrected chi connectivity index (χ1v) is 10.1. The Morgan fingerprint density at radius 2 is 2.07 bits per heavy atom. The van der Waals surface area contributed by atoms with Crippen LogP contribution in [0.3, 0.4) is 0 Å². The molecule has 7 nitrogen and oxygen atoms in total. The number of pyridine rings is 1. The number of nitrogens with zero attached hydrogens (tertiary/aromatic N) is 5. The minimum Gasteiger partial charge on any atom is -0.371 e. The molecular weight excluding hydrogens is 401 g/mol. The number of aromatic nitrogens is 4. The summed E-state index contributed by atoms with van der Waals surface area (Å²) in [5, 5.41) is 11.6. The van der Waals surface area contributed by atoms with Crippen LogP contribution < -0.4 is 10.6 Å². The molecule has 4 heterocycles. The van der Waals surface area contributed by atoms with Gasteiger partial charge in [-0.25, -0.2) is 9.37 Å². The summed E-state index contributed by atoms with van der Waals surface area (Å²) in [6, 6.07) is 4.48. The quantitative estimate of drug-likeness (QED) is 0.666. The Morgan fingerprint density at radius 3 is 2.87 bits per heavy atom. The number of halogens is 1. The molecule has 3 atom stereocenters. The summed E-state index contributed by atoms with van der Waals surface area (Å²) in [4.78, 5) is 13.3. The Hall–Kier alpha value is -2.68. The summed E-state index contributed by atoms with van der Waals surface area (Å²) < 4.78 is 15.6. The van der Waals surface area contributed by atoms with Gasteiger partial charge in [-0.1, -0.05) is 13.8 Å². The molecule has 0 saturated heterocycles. The topological polar surface area (TPSA) is 79.5 Å². The molecule has 1 aliphatic carbocycles. The van der Waals surface area contributed by atoms with Gasteiger partial charge >= 0.3 is 0 Å². The van der Waals surface area contributed by atoms with Crippen LogP contribution in [0.2, 0.25) is 0 Å². The van der Waals surface area contributed by atoms with E-state index in [2.05, 4.69) is 39.6 Å². The van der Waals surface area contributed by atoms with Crippen molar-refractivity contribution in [2.45, 2.75) is 57.2 Å². The third kappa shape index (κ3) is 3.74. The largest absolute Gasteiger partial charge is 0.371 e. The molecule has 158 valence electrons. The van der Waals surface area contributed by atoms with Crippen LogP contribution in [0, 0.1) is 5.82 Å². The van der Waals surface area contributed by atoms with E-state index in [9.17, 15) is 4.39 Å². The number of fused-ring (bicyclic) bond motifs is 2. The lowest BCUT2D eigenvalue weighted by molar-refractivity contribution is 0.360. The van der Waals surface area contributed by atoms with Crippen LogP contribution in [0.25, 0.3) is 16.9 Å². The molecule has 0 radical (unpaired) electrons. The minimum atomic E-state index is -0.373. The maximum Gasteiger partial charge on any atom is 0.161 e. The number of hydrogen-bond donors (Lipinski definition) is 2. The molecule has 9 heteroatoms. The molecule has 5 rings (SSSR count). The normalized spacial score (nSPS) is 22.6. The lowest BCUT2D eigenvalue weighted by atomic mass is 9.88. The fraction of sp³-hybridized carbons (Fsp3) is 0.429. The van der Waals surface area contributed by atoms with Crippen molar-refractivity contribution in [1.82, 2.24) is 24.9 Å². The summed E-state index contributed by atoms with van der Waals surface area (Å²) in [7, 11) is 0. The van der Waals surface area contributed by atoms with Crippen LogP contribution in [0.5, 0.6) is 0 Å². The van der Waals surface area contributed by atoms with E-state index in [0.717, 1.165) is 36.3 Å². The summed E-state index contributed by atoms with van der Waals surface area (Å²) in [5.74, 6) is 0.773. The van der Waals surface area contributed by atoms with Crippen LogP contribution in [0.4, 0.5) is 10.2 Å². The number of aliphatic imine (C=N–C) groups is 1. The maximum atomic E-state index is 13.8. The first-order chi connectivity index (χ1) is 14.1. The highest BCUT2D eigenvalue weighted by Gasteiger charge is 2.32. The molecule has 2 aliphatic rings. The summed E-state index contributed by atoms with van der Waals surface area (Å²) in [6.45, 7) is 4.24. The van der Waals surface area contributed by atoms with E-state index < -0.39 is 0 Å². The van der Waals surface area contributed by atoms with Gasteiger partial charge in [0, 0.05) is 29.4 Å². The van der Waals surface area contributed by atoms with E-state index in [-0.39, 0.29) is 25.2 Å². The van der Waals surface area contributed by atoms with Crippen molar-refractivity contribution in [1.29, 1.82) is 0 Å². The fourth-order valence-electron chi connectivity index (χ4n) is 4.28. The zero-order valence-electron chi connectivity index (χ0n) is 17.0. The molecule has 1 aliphatic heterocycles. The zero-order valence-corrected chi connectivity index (χ0v) is 18.0. The van der Waals surface area contributed by atoms with Crippen LogP contribution in [0.1, 0.15) is 44.6 Å². The van der Waals surface area contributed by atoms with E-state index in [4.69, 9.17) is 4.98 Å². The molecule has 30 heavy (non-hydrogen) atoms. The van der Waals surface area contributed by atoms with Crippen LogP contribution in [0.15, 0.2) is 35.7 Å². The van der Waals surface area contributed by atoms with Crippen LogP contribution in [-0.2, 0) is 0 Å². The molecule has 1 fully saturated rings. The van der Waals surface area contributed by atoms with Gasteiger partial charge in [0.05, 0.1) is 36.5 Å². The van der Waals surface area contributed by atoms with E-state index in [1.54, 1.807) is 6.20 Å². The monoisotopic (exact) mass is 427 g/mol. The van der Waals surface area contributed by atoms with Crippen molar-refractivity contribution in [3.8, 4) is 11.3 Å². The van der Waals surface area contributed by atoms with Gasteiger partial charge in [-0.2, -0.15) is 23.1 Å². The smallest absolute Gasteiger partial charge is 0.161 e. The van der Waals surface area contributed by atoms with Gasteiger partial charge in [0.15, 0.2) is 5.65 Å². The molecule has 0 amide bonds. The molecule has 2 unspecified atom stereocenters. The van der Waals surface area contributed by atoms with Gasteiger partial charge in [-0.05, 0) is 31.2 Å². The molecule has 3 aromatic heterocycles. The van der Waals surface area contributed by atoms with Gasteiger partial charge < -0.3 is 10.6 Å². The van der Waals surface area contributed by atoms with Gasteiger partial charge in [0.1, 0.15) is 11.6 Å². The van der Waals surface area contributed by atoms with E-state index in [1.807, 2.05) is 23.1 Å². The summed E-state index contributed by atoms with van der Waals surface area (Å²) in [6.07, 6.45) is 9.63. The predicted molar refractivity (Wildman–Crippen MR) is 121 cm³/mol. The van der Waals surface area contributed by atoms with Crippen molar-refractivity contribution in [3.63, 3.8) is 0 Å². The van der Waals surface area contributed by atoms with Gasteiger partial charge in [0.2, 0.25) is 0 Å². The van der Waals surface area contributed by atoms with Crippen molar-refractivity contribution in [2.24, 2.45) is 4.99 Å². The first kappa shape index (κ1) is 20.6. The highest BCUT2D eigenvalue weighted by molar-refractivity contribution is 7.59. The third-order valence-electron chi connectivity index (χ3n) is 5.84. The highest BCUT2D eigenvalue weighted by Crippen LogP contribution is 2.30.